The first-order chi connectivity index (χ1) is 10.3. The summed E-state index contributed by atoms with van der Waals surface area (Å²) in [5, 5.41) is 1.57. The number of rotatable bonds is 1. The van der Waals surface area contributed by atoms with Crippen molar-refractivity contribution in [2.75, 3.05) is 0 Å². The minimum atomic E-state index is -0.901. The van der Waals surface area contributed by atoms with E-state index in [1.165, 1.54) is 0 Å². The average molecular weight is 320 g/mol. The van der Waals surface area contributed by atoms with Crippen molar-refractivity contribution in [1.82, 2.24) is 4.57 Å². The highest BCUT2D eigenvalue weighted by Gasteiger charge is 2.37. The molecular formula is C17H18ClNO3. The van der Waals surface area contributed by atoms with Crippen molar-refractivity contribution in [3.63, 3.8) is 0 Å². The monoisotopic (exact) mass is 319 g/mol. The van der Waals surface area contributed by atoms with Crippen LogP contribution in [0.4, 0.5) is 0 Å². The number of ether oxygens (including phenoxy) is 1. The molecule has 1 atom stereocenters. The lowest BCUT2D eigenvalue weighted by Crippen LogP contribution is -2.37. The fourth-order valence-corrected chi connectivity index (χ4v) is 3.07. The number of aryl methyl sites for hydroxylation is 1. The Morgan fingerprint density at radius 3 is 2.68 bits per heavy atom. The molecule has 0 bridgehead atoms. The molecule has 0 spiro atoms. The SMILES string of the molecule is CC(C)(C)OC(=O)C1C(=O)CCc2cc3cc(Cl)ccc3n21. The Balaban J connectivity index is 2.12. The first-order valence-electron chi connectivity index (χ1n) is 7.31. The lowest BCUT2D eigenvalue weighted by molar-refractivity contribution is -0.161. The molecular weight excluding hydrogens is 302 g/mol. The molecule has 3 rings (SSSR count). The quantitative estimate of drug-likeness (QED) is 0.595. The van der Waals surface area contributed by atoms with Crippen molar-refractivity contribution in [1.29, 1.82) is 0 Å². The van der Waals surface area contributed by atoms with Crippen LogP contribution in [-0.2, 0) is 20.7 Å². The summed E-state index contributed by atoms with van der Waals surface area (Å²) < 4.78 is 7.24. The van der Waals surface area contributed by atoms with Crippen LogP contribution in [0.3, 0.4) is 0 Å². The van der Waals surface area contributed by atoms with Gasteiger partial charge in [0.2, 0.25) is 0 Å². The van der Waals surface area contributed by atoms with Crippen LogP contribution in [0.15, 0.2) is 24.3 Å². The highest BCUT2D eigenvalue weighted by Crippen LogP contribution is 2.33. The first kappa shape index (κ1) is 15.1. The molecule has 0 amide bonds. The molecule has 22 heavy (non-hydrogen) atoms. The predicted octanol–water partition coefficient (Wildman–Crippen LogP) is 3.69. The third-order valence-electron chi connectivity index (χ3n) is 3.70. The number of aromatic nitrogens is 1. The van der Waals surface area contributed by atoms with Gasteiger partial charge in [0.25, 0.3) is 0 Å². The molecule has 2 heterocycles. The van der Waals surface area contributed by atoms with E-state index in [1.54, 1.807) is 31.4 Å². The number of carbonyl (C=O) groups is 2. The zero-order chi connectivity index (χ0) is 16.1. The van der Waals surface area contributed by atoms with E-state index in [0.717, 1.165) is 16.6 Å². The van der Waals surface area contributed by atoms with Crippen molar-refractivity contribution < 1.29 is 14.3 Å². The zero-order valence-electron chi connectivity index (χ0n) is 12.9. The second kappa shape index (κ2) is 5.13. The van der Waals surface area contributed by atoms with Crippen LogP contribution in [0.1, 0.15) is 38.9 Å². The van der Waals surface area contributed by atoms with Gasteiger partial charge in [-0.3, -0.25) is 4.79 Å². The molecule has 0 fully saturated rings. The molecule has 4 nitrogen and oxygen atoms in total. The maximum absolute atomic E-state index is 12.5. The average Bonchev–Trinajstić information content (AvgIpc) is 2.73. The number of fused-ring (bicyclic) bond motifs is 3. The summed E-state index contributed by atoms with van der Waals surface area (Å²) in [5.41, 5.74) is 1.18. The van der Waals surface area contributed by atoms with Gasteiger partial charge in [-0.2, -0.15) is 0 Å². The summed E-state index contributed by atoms with van der Waals surface area (Å²) in [5.74, 6) is -0.597. The minimum Gasteiger partial charge on any atom is -0.458 e. The Labute approximate surface area is 134 Å². The number of ketones is 1. The number of esters is 1. The molecule has 1 aromatic heterocycles. The van der Waals surface area contributed by atoms with Gasteiger partial charge in [-0.1, -0.05) is 11.6 Å². The van der Waals surface area contributed by atoms with Crippen molar-refractivity contribution in [3.05, 3.63) is 35.0 Å². The molecule has 0 saturated heterocycles. The van der Waals surface area contributed by atoms with E-state index in [2.05, 4.69) is 0 Å². The molecule has 2 aromatic rings. The van der Waals surface area contributed by atoms with Gasteiger partial charge < -0.3 is 9.30 Å². The van der Waals surface area contributed by atoms with Crippen LogP contribution in [0.25, 0.3) is 10.9 Å². The van der Waals surface area contributed by atoms with Crippen molar-refractivity contribution >= 4 is 34.3 Å². The second-order valence-electron chi connectivity index (χ2n) is 6.61. The van der Waals surface area contributed by atoms with Crippen LogP contribution in [0, 0.1) is 0 Å². The maximum Gasteiger partial charge on any atom is 0.337 e. The van der Waals surface area contributed by atoms with E-state index in [9.17, 15) is 9.59 Å². The number of carbonyl (C=O) groups excluding carboxylic acids is 2. The lowest BCUT2D eigenvalue weighted by Gasteiger charge is -2.28. The number of Topliss-reactive ketones (excluding diaryl/α,β-unsaturated/α-hetero) is 1. The van der Waals surface area contributed by atoms with Crippen LogP contribution in [0.2, 0.25) is 5.02 Å². The number of hydrogen-bond donors (Lipinski definition) is 0. The fourth-order valence-electron chi connectivity index (χ4n) is 2.89. The Morgan fingerprint density at radius 2 is 2.00 bits per heavy atom. The third-order valence-corrected chi connectivity index (χ3v) is 3.94. The number of nitrogens with zero attached hydrogens (tertiary/aromatic N) is 1. The smallest absolute Gasteiger partial charge is 0.337 e. The summed E-state index contributed by atoms with van der Waals surface area (Å²) >= 11 is 6.03. The summed E-state index contributed by atoms with van der Waals surface area (Å²) in [6.45, 7) is 5.39. The maximum atomic E-state index is 12.5. The second-order valence-corrected chi connectivity index (χ2v) is 7.05. The first-order valence-corrected chi connectivity index (χ1v) is 7.69. The van der Waals surface area contributed by atoms with E-state index in [4.69, 9.17) is 16.3 Å². The van der Waals surface area contributed by atoms with E-state index < -0.39 is 17.6 Å². The summed E-state index contributed by atoms with van der Waals surface area (Å²) in [7, 11) is 0. The summed E-state index contributed by atoms with van der Waals surface area (Å²) in [6, 6.07) is 6.55. The normalized spacial score (nSPS) is 18.4. The van der Waals surface area contributed by atoms with Crippen molar-refractivity contribution in [2.45, 2.75) is 45.3 Å². The van der Waals surface area contributed by atoms with Crippen LogP contribution < -0.4 is 0 Å². The van der Waals surface area contributed by atoms with Crippen LogP contribution in [0.5, 0.6) is 0 Å². The van der Waals surface area contributed by atoms with Gasteiger partial charge in [-0.25, -0.2) is 4.79 Å². The standard InChI is InChI=1S/C17H18ClNO3/c1-17(2,3)22-16(21)15-14(20)7-5-12-9-10-8-11(18)4-6-13(10)19(12)15/h4,6,8-9,15H,5,7H2,1-3H3. The van der Waals surface area contributed by atoms with Crippen molar-refractivity contribution in [2.24, 2.45) is 0 Å². The topological polar surface area (TPSA) is 48.3 Å². The summed E-state index contributed by atoms with van der Waals surface area (Å²) in [4.78, 5) is 24.9. The summed E-state index contributed by atoms with van der Waals surface area (Å²) in [6.07, 6.45) is 0.985. The van der Waals surface area contributed by atoms with Gasteiger partial charge in [0.1, 0.15) is 5.60 Å². The largest absolute Gasteiger partial charge is 0.458 e. The Hall–Kier alpha value is -1.81. The molecule has 0 N–H and O–H groups in total. The molecule has 116 valence electrons. The molecule has 0 aliphatic carbocycles. The highest BCUT2D eigenvalue weighted by atomic mass is 35.5. The molecule has 1 aliphatic rings. The molecule has 1 unspecified atom stereocenters. The molecule has 5 heteroatoms. The number of benzene rings is 1. The molecule has 1 aromatic carbocycles. The zero-order valence-corrected chi connectivity index (χ0v) is 13.6. The van der Waals surface area contributed by atoms with Gasteiger partial charge in [0.15, 0.2) is 11.8 Å². The van der Waals surface area contributed by atoms with Gasteiger partial charge in [-0.15, -0.1) is 0 Å². The fraction of sp³-hybridized carbons (Fsp3) is 0.412. The van der Waals surface area contributed by atoms with Gasteiger partial charge >= 0.3 is 5.97 Å². The van der Waals surface area contributed by atoms with Crippen LogP contribution >= 0.6 is 11.6 Å². The van der Waals surface area contributed by atoms with Gasteiger partial charge in [-0.05, 0) is 51.5 Å². The molecule has 1 aliphatic heterocycles. The highest BCUT2D eigenvalue weighted by molar-refractivity contribution is 6.31. The predicted molar refractivity (Wildman–Crippen MR) is 85.2 cm³/mol. The van der Waals surface area contributed by atoms with Gasteiger partial charge in [0.05, 0.1) is 0 Å². The Kier molecular flexibility index (Phi) is 3.52. The van der Waals surface area contributed by atoms with Crippen molar-refractivity contribution in [3.8, 4) is 0 Å². The molecule has 0 saturated carbocycles. The minimum absolute atomic E-state index is 0.103. The van der Waals surface area contributed by atoms with E-state index in [-0.39, 0.29) is 5.78 Å². The van der Waals surface area contributed by atoms with E-state index in [0.29, 0.717) is 17.9 Å². The Morgan fingerprint density at radius 1 is 1.27 bits per heavy atom. The van der Waals surface area contributed by atoms with E-state index in [1.807, 2.05) is 18.2 Å². The lowest BCUT2D eigenvalue weighted by atomic mass is 10.0. The number of halogens is 1. The molecule has 0 radical (unpaired) electrons. The van der Waals surface area contributed by atoms with Gasteiger partial charge in [0, 0.05) is 28.0 Å². The number of hydrogen-bond acceptors (Lipinski definition) is 3. The third kappa shape index (κ3) is 2.63. The van der Waals surface area contributed by atoms with E-state index >= 15 is 0 Å². The van der Waals surface area contributed by atoms with Crippen LogP contribution in [-0.4, -0.2) is 21.9 Å². The Bertz CT molecular complexity index is 770.